The van der Waals surface area contributed by atoms with Gasteiger partial charge in [0.15, 0.2) is 0 Å². The average molecular weight is 183 g/mol. The fourth-order valence-corrected chi connectivity index (χ4v) is 1.96. The molecule has 0 spiro atoms. The molecule has 77 valence electrons. The lowest BCUT2D eigenvalue weighted by Gasteiger charge is -2.22. The number of hydrogen-bond acceptors (Lipinski definition) is 1. The summed E-state index contributed by atoms with van der Waals surface area (Å²) in [5.74, 6) is 0. The topological polar surface area (TPSA) is 26.1 Å². The highest BCUT2D eigenvalue weighted by molar-refractivity contribution is 4.77. The lowest BCUT2D eigenvalue weighted by atomic mass is 10.2. The molecule has 1 aliphatic carbocycles. The summed E-state index contributed by atoms with van der Waals surface area (Å²) in [5, 5.41) is 8.31. The molecule has 13 heavy (non-hydrogen) atoms. The molecule has 0 aromatic heterocycles. The molecule has 2 heteroatoms. The van der Waals surface area contributed by atoms with Crippen molar-refractivity contribution in [2.24, 2.45) is 0 Å². The van der Waals surface area contributed by atoms with Gasteiger partial charge in [0.2, 0.25) is 0 Å². The third-order valence-corrected chi connectivity index (χ3v) is 2.63. The molecule has 1 atom stereocenters. The predicted octanol–water partition coefficient (Wildman–Crippen LogP) is 2.27. The van der Waals surface area contributed by atoms with E-state index in [0.29, 0.717) is 18.2 Å². The van der Waals surface area contributed by atoms with Crippen LogP contribution in [0.2, 0.25) is 0 Å². The summed E-state index contributed by atoms with van der Waals surface area (Å²) in [6.45, 7) is 6.58. The van der Waals surface area contributed by atoms with Gasteiger partial charge in [0.25, 0.3) is 0 Å². The van der Waals surface area contributed by atoms with Crippen LogP contribution < -0.4 is 10.6 Å². The summed E-state index contributed by atoms with van der Waals surface area (Å²) in [6, 6.07) is 1.20. The summed E-state index contributed by atoms with van der Waals surface area (Å²) in [5.41, 5.74) is 0. The van der Waals surface area contributed by atoms with E-state index < -0.39 is 0 Å². The molecule has 0 aromatic rings. The number of nitrogens with one attached hydrogen (secondary N) is 1. The van der Waals surface area contributed by atoms with E-state index in [2.05, 4.69) is 26.1 Å². The van der Waals surface area contributed by atoms with E-state index in [1.165, 1.54) is 25.7 Å². The van der Waals surface area contributed by atoms with Crippen LogP contribution in [0.5, 0.6) is 0 Å². The largest absolute Gasteiger partial charge is 0.298 e. The maximum atomic E-state index is 4.82. The molecule has 1 rings (SSSR count). The van der Waals surface area contributed by atoms with Gasteiger partial charge in [-0.3, -0.25) is 5.32 Å². The van der Waals surface area contributed by atoms with Crippen LogP contribution in [0.1, 0.15) is 52.9 Å². The maximum absolute atomic E-state index is 4.82. The van der Waals surface area contributed by atoms with E-state index in [-0.39, 0.29) is 0 Å². The molecule has 1 saturated carbocycles. The van der Waals surface area contributed by atoms with Crippen LogP contribution >= 0.6 is 0 Å². The average Bonchev–Trinajstić information content (AvgIpc) is 2.55. The summed E-state index contributed by atoms with van der Waals surface area (Å²) >= 11 is 0. The normalized spacial score (nSPS) is 21.2. The predicted molar refractivity (Wildman–Crippen MR) is 56.7 cm³/mol. The van der Waals surface area contributed by atoms with Gasteiger partial charge in [0, 0.05) is 12.1 Å². The zero-order chi connectivity index (χ0) is 9.68. The van der Waals surface area contributed by atoms with Gasteiger partial charge in [-0.2, -0.15) is 0 Å². The molecule has 1 aliphatic rings. The first kappa shape index (κ1) is 11.0. The highest BCUT2D eigenvalue weighted by Crippen LogP contribution is 2.19. The molecule has 1 fully saturated rings. The Bertz CT molecular complexity index is 128. The van der Waals surface area contributed by atoms with E-state index in [1.54, 1.807) is 0 Å². The lowest BCUT2D eigenvalue weighted by molar-refractivity contribution is 0.333. The van der Waals surface area contributed by atoms with Crippen LogP contribution in [0.3, 0.4) is 0 Å². The Morgan fingerprint density at radius 1 is 1.31 bits per heavy atom. The van der Waals surface area contributed by atoms with E-state index in [1.807, 2.05) is 0 Å². The molecule has 0 heterocycles. The van der Waals surface area contributed by atoms with Gasteiger partial charge in [-0.1, -0.05) is 19.8 Å². The Morgan fingerprint density at radius 3 is 2.38 bits per heavy atom. The maximum Gasteiger partial charge on any atom is 0.0738 e. The van der Waals surface area contributed by atoms with E-state index >= 15 is 0 Å². The second-order valence-corrected chi connectivity index (χ2v) is 4.33. The third kappa shape index (κ3) is 4.10. The Hall–Kier alpha value is -0.0800. The minimum absolute atomic E-state index is 0.392. The quantitative estimate of drug-likeness (QED) is 0.695. The van der Waals surface area contributed by atoms with Crippen LogP contribution in [0.4, 0.5) is 0 Å². The third-order valence-electron chi connectivity index (χ3n) is 2.63. The molecular weight excluding hydrogens is 160 g/mol. The first-order valence-electron chi connectivity index (χ1n) is 5.68. The first-order valence-corrected chi connectivity index (χ1v) is 5.68. The Balaban J connectivity index is 2.21. The lowest BCUT2D eigenvalue weighted by Crippen LogP contribution is -2.44. The second-order valence-electron chi connectivity index (χ2n) is 4.33. The molecule has 0 saturated heterocycles. The van der Waals surface area contributed by atoms with Gasteiger partial charge in [0.1, 0.15) is 0 Å². The smallest absolute Gasteiger partial charge is 0.0738 e. The van der Waals surface area contributed by atoms with Gasteiger partial charge in [-0.15, -0.1) is 0 Å². The monoisotopic (exact) mass is 183 g/mol. The molecule has 0 bridgehead atoms. The molecule has 1 N–H and O–H groups in total. The van der Waals surface area contributed by atoms with Crippen molar-refractivity contribution < 1.29 is 0 Å². The highest BCUT2D eigenvalue weighted by Gasteiger charge is 2.19. The standard InChI is InChI=1S/C11H23N2/c1-4-11(12-9(2)3)13-10-7-5-6-8-10/h9-12H,4-8H2,1-3H3. The van der Waals surface area contributed by atoms with E-state index in [9.17, 15) is 0 Å². The number of hydrogen-bond donors (Lipinski definition) is 1. The zero-order valence-corrected chi connectivity index (χ0v) is 9.21. The van der Waals surface area contributed by atoms with Crippen molar-refractivity contribution in [1.29, 1.82) is 0 Å². The van der Waals surface area contributed by atoms with Crippen molar-refractivity contribution >= 4 is 0 Å². The molecule has 0 aromatic carbocycles. The van der Waals surface area contributed by atoms with Crippen LogP contribution in [0.25, 0.3) is 0 Å². The van der Waals surface area contributed by atoms with Crippen LogP contribution in [0, 0.1) is 0 Å². The summed E-state index contributed by atoms with van der Waals surface area (Å²) in [7, 11) is 0. The van der Waals surface area contributed by atoms with Gasteiger partial charge in [-0.05, 0) is 33.1 Å². The summed E-state index contributed by atoms with van der Waals surface area (Å²) in [4.78, 5) is 0. The van der Waals surface area contributed by atoms with Gasteiger partial charge < -0.3 is 0 Å². The molecule has 1 radical (unpaired) electrons. The minimum atomic E-state index is 0.392. The van der Waals surface area contributed by atoms with Gasteiger partial charge in [-0.25, -0.2) is 5.32 Å². The first-order chi connectivity index (χ1) is 6.22. The highest BCUT2D eigenvalue weighted by atomic mass is 15.1. The minimum Gasteiger partial charge on any atom is -0.298 e. The second kappa shape index (κ2) is 5.61. The Morgan fingerprint density at radius 2 is 1.92 bits per heavy atom. The van der Waals surface area contributed by atoms with Crippen LogP contribution in [0.15, 0.2) is 0 Å². The van der Waals surface area contributed by atoms with Crippen molar-refractivity contribution in [1.82, 2.24) is 10.6 Å². The summed E-state index contributed by atoms with van der Waals surface area (Å²) in [6.07, 6.45) is 6.91. The fraction of sp³-hybridized carbons (Fsp3) is 1.00. The van der Waals surface area contributed by atoms with Gasteiger partial charge >= 0.3 is 0 Å². The van der Waals surface area contributed by atoms with Crippen molar-refractivity contribution in [3.63, 3.8) is 0 Å². The molecule has 0 amide bonds. The van der Waals surface area contributed by atoms with Crippen molar-refractivity contribution in [2.45, 2.75) is 71.1 Å². The van der Waals surface area contributed by atoms with E-state index in [4.69, 9.17) is 5.32 Å². The number of nitrogens with zero attached hydrogens (tertiary/aromatic N) is 1. The van der Waals surface area contributed by atoms with Crippen molar-refractivity contribution in [2.75, 3.05) is 0 Å². The van der Waals surface area contributed by atoms with Crippen molar-refractivity contribution in [3.8, 4) is 0 Å². The SMILES string of the molecule is CCC([N]C1CCCC1)NC(C)C. The Labute approximate surface area is 82.5 Å². The van der Waals surface area contributed by atoms with Crippen LogP contribution in [-0.2, 0) is 0 Å². The van der Waals surface area contributed by atoms with Crippen LogP contribution in [-0.4, -0.2) is 18.2 Å². The molecule has 1 unspecified atom stereocenters. The van der Waals surface area contributed by atoms with E-state index in [0.717, 1.165) is 6.42 Å². The van der Waals surface area contributed by atoms with Gasteiger partial charge in [0.05, 0.1) is 6.17 Å². The number of rotatable bonds is 5. The summed E-state index contributed by atoms with van der Waals surface area (Å²) < 4.78 is 0. The zero-order valence-electron chi connectivity index (χ0n) is 9.21. The molecule has 2 nitrogen and oxygen atoms in total. The van der Waals surface area contributed by atoms with Crippen molar-refractivity contribution in [3.05, 3.63) is 0 Å². The Kier molecular flexibility index (Phi) is 4.74. The fourth-order valence-electron chi connectivity index (χ4n) is 1.96. The molecule has 0 aliphatic heterocycles. The molecular formula is C11H23N2.